The highest BCUT2D eigenvalue weighted by Crippen LogP contribution is 2.27. The second-order valence-electron chi connectivity index (χ2n) is 5.03. The molecule has 2 aromatic carbocycles. The molecular weight excluding hydrogens is 394 g/mol. The van der Waals surface area contributed by atoms with E-state index in [2.05, 4.69) is 0 Å². The van der Waals surface area contributed by atoms with E-state index in [4.69, 9.17) is 51.1 Å². The lowest BCUT2D eigenvalue weighted by Gasteiger charge is -2.14. The summed E-state index contributed by atoms with van der Waals surface area (Å²) in [5.74, 6) is -0.384. The zero-order valence-corrected chi connectivity index (χ0v) is 15.5. The topological polar surface area (TPSA) is 43.4 Å². The maximum Gasteiger partial charge on any atom is 0.180 e. The summed E-state index contributed by atoms with van der Waals surface area (Å²) in [6.07, 6.45) is -1.15. The predicted octanol–water partition coefficient (Wildman–Crippen LogP) is 5.91. The summed E-state index contributed by atoms with van der Waals surface area (Å²) < 4.78 is 5.50. The lowest BCUT2D eigenvalue weighted by atomic mass is 10.0. The first kappa shape index (κ1) is 19.1. The van der Waals surface area contributed by atoms with Crippen molar-refractivity contribution >= 4 is 58.0 Å². The van der Waals surface area contributed by atoms with Gasteiger partial charge in [0.15, 0.2) is 17.7 Å². The van der Waals surface area contributed by atoms with Gasteiger partial charge in [0.05, 0.1) is 21.5 Å². The molecule has 0 heterocycles. The lowest BCUT2D eigenvalue weighted by Crippen LogP contribution is -2.26. The zero-order chi connectivity index (χ0) is 17.9. The van der Waals surface area contributed by atoms with Crippen LogP contribution in [0.25, 0.3) is 0 Å². The molecule has 0 saturated heterocycles. The first-order chi connectivity index (χ1) is 11.3. The van der Waals surface area contributed by atoms with Crippen LogP contribution in [-0.4, -0.2) is 17.7 Å². The van der Waals surface area contributed by atoms with Crippen LogP contribution in [0.15, 0.2) is 36.4 Å². The summed E-state index contributed by atoms with van der Waals surface area (Å²) in [6, 6.07) is 9.15. The number of benzene rings is 2. The number of ether oxygens (including phenoxy) is 1. The summed E-state index contributed by atoms with van der Waals surface area (Å²) >= 11 is 23.5. The summed E-state index contributed by atoms with van der Waals surface area (Å²) in [6.45, 7) is 1.56. The van der Waals surface area contributed by atoms with Crippen molar-refractivity contribution in [3.05, 3.63) is 62.1 Å². The number of carbonyl (C=O) groups excluding carboxylic acids is 2. The fraction of sp³-hybridized carbons (Fsp3) is 0.176. The molecule has 24 heavy (non-hydrogen) atoms. The van der Waals surface area contributed by atoms with Crippen LogP contribution in [0.3, 0.4) is 0 Å². The van der Waals surface area contributed by atoms with Gasteiger partial charge in [-0.25, -0.2) is 0 Å². The van der Waals surface area contributed by atoms with E-state index in [1.54, 1.807) is 25.1 Å². The van der Waals surface area contributed by atoms with Crippen molar-refractivity contribution in [2.45, 2.75) is 19.4 Å². The van der Waals surface area contributed by atoms with E-state index in [1.807, 2.05) is 0 Å². The number of halogens is 4. The number of carbonyl (C=O) groups is 2. The molecule has 0 aliphatic heterocycles. The van der Waals surface area contributed by atoms with Gasteiger partial charge in [-0.2, -0.15) is 0 Å². The highest BCUT2D eigenvalue weighted by Gasteiger charge is 2.21. The van der Waals surface area contributed by atoms with E-state index in [0.717, 1.165) is 0 Å². The molecule has 0 amide bonds. The van der Waals surface area contributed by atoms with Crippen LogP contribution in [0.4, 0.5) is 0 Å². The first-order valence-corrected chi connectivity index (χ1v) is 8.42. The number of rotatable bonds is 6. The Hall–Kier alpha value is -1.26. The third kappa shape index (κ3) is 4.87. The molecule has 126 valence electrons. The highest BCUT2D eigenvalue weighted by molar-refractivity contribution is 6.42. The monoisotopic (exact) mass is 404 g/mol. The quantitative estimate of drug-likeness (QED) is 0.443. The molecule has 2 aromatic rings. The van der Waals surface area contributed by atoms with Crippen molar-refractivity contribution in [2.24, 2.45) is 0 Å². The molecule has 0 spiro atoms. The van der Waals surface area contributed by atoms with Crippen LogP contribution in [0.2, 0.25) is 20.1 Å². The second kappa shape index (κ2) is 8.21. The van der Waals surface area contributed by atoms with Crippen molar-refractivity contribution in [1.82, 2.24) is 0 Å². The number of hydrogen-bond acceptors (Lipinski definition) is 3. The minimum Gasteiger partial charge on any atom is -0.483 e. The maximum atomic E-state index is 12.2. The molecule has 0 aliphatic rings. The Morgan fingerprint density at radius 2 is 1.67 bits per heavy atom. The Morgan fingerprint density at radius 1 is 0.958 bits per heavy atom. The molecule has 7 heteroatoms. The van der Waals surface area contributed by atoms with Gasteiger partial charge >= 0.3 is 0 Å². The summed E-state index contributed by atoms with van der Waals surface area (Å²) in [4.78, 5) is 24.4. The Morgan fingerprint density at radius 3 is 2.29 bits per heavy atom. The van der Waals surface area contributed by atoms with Crippen LogP contribution in [0, 0.1) is 0 Å². The van der Waals surface area contributed by atoms with Crippen LogP contribution in [0.1, 0.15) is 23.7 Å². The van der Waals surface area contributed by atoms with Gasteiger partial charge in [-0.15, -0.1) is 0 Å². The Labute approximate surface area is 159 Å². The average molecular weight is 406 g/mol. The molecule has 0 fully saturated rings. The van der Waals surface area contributed by atoms with E-state index in [-0.39, 0.29) is 22.8 Å². The van der Waals surface area contributed by atoms with Crippen LogP contribution in [-0.2, 0) is 4.79 Å². The van der Waals surface area contributed by atoms with Gasteiger partial charge < -0.3 is 4.74 Å². The number of ketones is 2. The number of hydrogen-bond donors (Lipinski definition) is 0. The molecule has 0 saturated carbocycles. The van der Waals surface area contributed by atoms with Crippen LogP contribution < -0.4 is 4.74 Å². The number of Topliss-reactive ketones (excluding diaryl/α,β-unsaturated/α-hetero) is 2. The van der Waals surface area contributed by atoms with Gasteiger partial charge in [0.25, 0.3) is 0 Å². The Bertz CT molecular complexity index is 789. The van der Waals surface area contributed by atoms with Gasteiger partial charge in [-0.3, -0.25) is 9.59 Å². The Balaban J connectivity index is 2.02. The van der Waals surface area contributed by atoms with Gasteiger partial charge in [-0.1, -0.05) is 46.4 Å². The van der Waals surface area contributed by atoms with Gasteiger partial charge in [0.1, 0.15) is 5.75 Å². The van der Waals surface area contributed by atoms with Gasteiger partial charge in [0, 0.05) is 16.7 Å². The van der Waals surface area contributed by atoms with Crippen molar-refractivity contribution in [2.75, 3.05) is 0 Å². The van der Waals surface area contributed by atoms with Gasteiger partial charge in [0.2, 0.25) is 0 Å². The second-order valence-corrected chi connectivity index (χ2v) is 6.68. The lowest BCUT2D eigenvalue weighted by molar-refractivity contribution is -0.124. The largest absolute Gasteiger partial charge is 0.483 e. The predicted molar refractivity (Wildman–Crippen MR) is 97.0 cm³/mol. The molecule has 0 N–H and O–H groups in total. The molecule has 0 aliphatic carbocycles. The molecule has 0 aromatic heterocycles. The Kier molecular flexibility index (Phi) is 6.53. The molecule has 1 atom stereocenters. The average Bonchev–Trinajstić information content (AvgIpc) is 2.50. The van der Waals surface area contributed by atoms with Crippen LogP contribution in [0.5, 0.6) is 5.75 Å². The zero-order valence-electron chi connectivity index (χ0n) is 12.5. The maximum absolute atomic E-state index is 12.2. The minimum absolute atomic E-state index is 0.207. The SMILES string of the molecule is CC(Oc1ccc(Cl)c(Cl)c1)C(=O)CC(=O)c1ccc(Cl)cc1Cl. The van der Waals surface area contributed by atoms with E-state index in [1.165, 1.54) is 18.2 Å². The van der Waals surface area contributed by atoms with Crippen molar-refractivity contribution in [1.29, 1.82) is 0 Å². The first-order valence-electron chi connectivity index (χ1n) is 6.90. The van der Waals surface area contributed by atoms with Crippen molar-refractivity contribution in [3.63, 3.8) is 0 Å². The molecule has 0 radical (unpaired) electrons. The van der Waals surface area contributed by atoms with E-state index < -0.39 is 11.9 Å². The molecule has 2 rings (SSSR count). The molecular formula is C17H12Cl4O3. The molecule has 3 nitrogen and oxygen atoms in total. The smallest absolute Gasteiger partial charge is 0.180 e. The van der Waals surface area contributed by atoms with Crippen LogP contribution >= 0.6 is 46.4 Å². The van der Waals surface area contributed by atoms with E-state index in [0.29, 0.717) is 20.8 Å². The third-order valence-electron chi connectivity index (χ3n) is 3.22. The molecule has 1 unspecified atom stereocenters. The summed E-state index contributed by atoms with van der Waals surface area (Å²) in [5.41, 5.74) is 0.246. The standard InChI is InChI=1S/C17H12Cl4O3/c1-9(24-11-3-5-13(19)15(21)7-11)16(22)8-17(23)12-4-2-10(18)6-14(12)20/h2-7,9H,8H2,1H3. The van der Waals surface area contributed by atoms with Gasteiger partial charge in [-0.05, 0) is 37.3 Å². The highest BCUT2D eigenvalue weighted by atomic mass is 35.5. The molecule has 0 bridgehead atoms. The summed E-state index contributed by atoms with van der Waals surface area (Å²) in [5, 5.41) is 1.32. The third-order valence-corrected chi connectivity index (χ3v) is 4.51. The normalized spacial score (nSPS) is 11.9. The van der Waals surface area contributed by atoms with Crippen molar-refractivity contribution < 1.29 is 14.3 Å². The fourth-order valence-electron chi connectivity index (χ4n) is 1.93. The summed E-state index contributed by atoms with van der Waals surface area (Å²) in [7, 11) is 0. The fourth-order valence-corrected chi connectivity index (χ4v) is 2.73. The van der Waals surface area contributed by atoms with E-state index in [9.17, 15) is 9.59 Å². The van der Waals surface area contributed by atoms with Crippen molar-refractivity contribution in [3.8, 4) is 5.75 Å². The minimum atomic E-state index is -0.822. The van der Waals surface area contributed by atoms with E-state index >= 15 is 0 Å².